The normalized spacial score (nSPS) is 17.7. The van der Waals surface area contributed by atoms with Gasteiger partial charge in [0, 0.05) is 44.9 Å². The minimum absolute atomic E-state index is 0.0109. The van der Waals surface area contributed by atoms with Crippen LogP contribution in [0, 0.1) is 11.3 Å². The maximum atomic E-state index is 13.1. The van der Waals surface area contributed by atoms with Gasteiger partial charge < -0.3 is 9.80 Å². The molecule has 10 heteroatoms. The summed E-state index contributed by atoms with van der Waals surface area (Å²) in [4.78, 5) is 50.9. The molecule has 5 rings (SSSR count). The van der Waals surface area contributed by atoms with Crippen LogP contribution in [0.2, 0.25) is 0 Å². The number of amides is 3. The third-order valence-corrected chi connectivity index (χ3v) is 6.87. The summed E-state index contributed by atoms with van der Waals surface area (Å²) in [6.07, 6.45) is 5.37. The maximum absolute atomic E-state index is 13.1. The van der Waals surface area contributed by atoms with Crippen LogP contribution in [0.4, 0.5) is 5.95 Å². The summed E-state index contributed by atoms with van der Waals surface area (Å²) in [6, 6.07) is 10.1. The van der Waals surface area contributed by atoms with E-state index in [4.69, 9.17) is 0 Å². The van der Waals surface area contributed by atoms with Gasteiger partial charge in [-0.05, 0) is 49.9 Å². The maximum Gasteiger partial charge on any atom is 0.258 e. The zero-order valence-corrected chi connectivity index (χ0v) is 20.1. The number of carbonyl (C=O) groups excluding carboxylic acids is 3. The van der Waals surface area contributed by atoms with E-state index in [1.807, 2.05) is 15.5 Å². The monoisotopic (exact) mass is 485 g/mol. The summed E-state index contributed by atoms with van der Waals surface area (Å²) >= 11 is 0. The van der Waals surface area contributed by atoms with Crippen LogP contribution in [0.1, 0.15) is 64.9 Å². The number of piperidine rings is 1. The molecular weight excluding hydrogens is 458 g/mol. The third-order valence-electron chi connectivity index (χ3n) is 6.87. The van der Waals surface area contributed by atoms with E-state index in [1.54, 1.807) is 35.4 Å². The number of rotatable bonds is 4. The van der Waals surface area contributed by atoms with Crippen LogP contribution in [0.3, 0.4) is 0 Å². The lowest BCUT2D eigenvalue weighted by Crippen LogP contribution is -2.35. The Bertz CT molecular complexity index is 1380. The van der Waals surface area contributed by atoms with Gasteiger partial charge in [0.2, 0.25) is 11.9 Å². The van der Waals surface area contributed by atoms with Gasteiger partial charge in [0.1, 0.15) is 5.52 Å². The highest BCUT2D eigenvalue weighted by Crippen LogP contribution is 2.30. The van der Waals surface area contributed by atoms with Crippen LogP contribution in [-0.2, 0) is 4.79 Å². The number of hydrogen-bond donors (Lipinski definition) is 1. The predicted molar refractivity (Wildman–Crippen MR) is 132 cm³/mol. The number of imidazole rings is 1. The standard InChI is InChI=1S/C26H27N7O3/c1-17(34)32-11-8-21(16-32)33-23-22(13-20(15-28-23)25(36)31-9-3-2-4-10-31)29-26(33)30-24(35)19-7-5-6-18(12-19)14-27/h5-7,12-13,15,21H,2-4,8-11,16H2,1H3,(H,29,30,35). The van der Waals surface area contributed by atoms with E-state index in [0.29, 0.717) is 53.3 Å². The fraction of sp³-hybridized carbons (Fsp3) is 0.385. The molecule has 1 atom stereocenters. The van der Waals surface area contributed by atoms with Crippen molar-refractivity contribution in [1.29, 1.82) is 5.26 Å². The lowest BCUT2D eigenvalue weighted by atomic mass is 10.1. The van der Waals surface area contributed by atoms with Gasteiger partial charge in [-0.25, -0.2) is 9.97 Å². The number of pyridine rings is 1. The molecule has 2 aliphatic heterocycles. The van der Waals surface area contributed by atoms with Gasteiger partial charge in [0.05, 0.1) is 23.2 Å². The van der Waals surface area contributed by atoms with E-state index in [1.165, 1.54) is 13.0 Å². The van der Waals surface area contributed by atoms with Crippen molar-refractivity contribution in [1.82, 2.24) is 24.3 Å². The summed E-state index contributed by atoms with van der Waals surface area (Å²) < 4.78 is 1.85. The Balaban J connectivity index is 1.51. The molecule has 0 radical (unpaired) electrons. The van der Waals surface area contributed by atoms with Crippen LogP contribution in [0.15, 0.2) is 36.5 Å². The van der Waals surface area contributed by atoms with Crippen molar-refractivity contribution in [2.45, 2.75) is 38.6 Å². The Labute approximate surface area is 208 Å². The molecule has 3 amide bonds. The smallest absolute Gasteiger partial charge is 0.258 e. The molecule has 0 spiro atoms. The van der Waals surface area contributed by atoms with Crippen LogP contribution < -0.4 is 5.32 Å². The van der Waals surface area contributed by atoms with Crippen LogP contribution in [0.25, 0.3) is 11.2 Å². The molecule has 1 aromatic carbocycles. The van der Waals surface area contributed by atoms with Gasteiger partial charge in [-0.3, -0.25) is 24.3 Å². The Kier molecular flexibility index (Phi) is 6.38. The summed E-state index contributed by atoms with van der Waals surface area (Å²) in [5.41, 5.74) is 2.22. The average Bonchev–Trinajstić information content (AvgIpc) is 3.53. The number of benzene rings is 1. The van der Waals surface area contributed by atoms with Crippen molar-refractivity contribution in [2.24, 2.45) is 0 Å². The number of hydrogen-bond acceptors (Lipinski definition) is 6. The molecule has 1 unspecified atom stereocenters. The first kappa shape index (κ1) is 23.5. The molecule has 4 heterocycles. The van der Waals surface area contributed by atoms with Gasteiger partial charge in [0.15, 0.2) is 5.65 Å². The van der Waals surface area contributed by atoms with Gasteiger partial charge in [0.25, 0.3) is 11.8 Å². The van der Waals surface area contributed by atoms with Gasteiger partial charge in [-0.1, -0.05) is 6.07 Å². The molecule has 2 saturated heterocycles. The summed E-state index contributed by atoms with van der Waals surface area (Å²) in [6.45, 7) is 4.08. The number of nitrogens with zero attached hydrogens (tertiary/aromatic N) is 6. The molecule has 10 nitrogen and oxygen atoms in total. The summed E-state index contributed by atoms with van der Waals surface area (Å²) in [7, 11) is 0. The van der Waals surface area contributed by atoms with Gasteiger partial charge in [-0.15, -0.1) is 0 Å². The number of aromatic nitrogens is 3. The van der Waals surface area contributed by atoms with Crippen LogP contribution in [0.5, 0.6) is 0 Å². The van der Waals surface area contributed by atoms with Gasteiger partial charge >= 0.3 is 0 Å². The number of nitriles is 1. The molecule has 1 N–H and O–H groups in total. The second-order valence-electron chi connectivity index (χ2n) is 9.28. The Hall–Kier alpha value is -4.26. The SMILES string of the molecule is CC(=O)N1CCC(n2c(NC(=O)c3cccc(C#N)c3)nc3cc(C(=O)N4CCCCC4)cnc32)C1. The van der Waals surface area contributed by atoms with Crippen molar-refractivity contribution >= 4 is 34.8 Å². The number of likely N-dealkylation sites (tertiary alicyclic amines) is 2. The number of anilines is 1. The fourth-order valence-corrected chi connectivity index (χ4v) is 4.95. The van der Waals surface area contributed by atoms with Crippen molar-refractivity contribution in [3.63, 3.8) is 0 Å². The summed E-state index contributed by atoms with van der Waals surface area (Å²) in [5.74, 6) is -0.193. The van der Waals surface area contributed by atoms with Crippen LogP contribution >= 0.6 is 0 Å². The molecular formula is C26H27N7O3. The molecule has 0 saturated carbocycles. The predicted octanol–water partition coefficient (Wildman–Crippen LogP) is 2.97. The zero-order valence-electron chi connectivity index (χ0n) is 20.1. The van der Waals surface area contributed by atoms with Crippen molar-refractivity contribution in [3.05, 3.63) is 53.2 Å². The number of nitrogens with one attached hydrogen (secondary N) is 1. The van der Waals surface area contributed by atoms with Gasteiger partial charge in [-0.2, -0.15) is 5.26 Å². The van der Waals surface area contributed by atoms with Crippen LogP contribution in [-0.4, -0.2) is 68.2 Å². The average molecular weight is 486 g/mol. The molecule has 36 heavy (non-hydrogen) atoms. The highest BCUT2D eigenvalue weighted by molar-refractivity contribution is 6.04. The largest absolute Gasteiger partial charge is 0.341 e. The van der Waals surface area contributed by atoms with Crippen molar-refractivity contribution in [3.8, 4) is 6.07 Å². The lowest BCUT2D eigenvalue weighted by Gasteiger charge is -2.26. The van der Waals surface area contributed by atoms with E-state index in [9.17, 15) is 19.6 Å². The molecule has 2 fully saturated rings. The minimum atomic E-state index is -0.408. The van der Waals surface area contributed by atoms with E-state index >= 15 is 0 Å². The second-order valence-corrected chi connectivity index (χ2v) is 9.28. The lowest BCUT2D eigenvalue weighted by molar-refractivity contribution is -0.127. The molecule has 3 aromatic rings. The third kappa shape index (κ3) is 4.52. The Morgan fingerprint density at radius 1 is 1.06 bits per heavy atom. The van der Waals surface area contributed by atoms with E-state index in [2.05, 4.69) is 15.3 Å². The first-order valence-electron chi connectivity index (χ1n) is 12.2. The number of fused-ring (bicyclic) bond motifs is 1. The molecule has 2 aromatic heterocycles. The van der Waals surface area contributed by atoms with Crippen molar-refractivity contribution < 1.29 is 14.4 Å². The second kappa shape index (κ2) is 9.77. The quantitative estimate of drug-likeness (QED) is 0.606. The topological polar surface area (TPSA) is 124 Å². The van der Waals surface area contributed by atoms with E-state index in [-0.39, 0.29) is 17.9 Å². The molecule has 184 valence electrons. The minimum Gasteiger partial charge on any atom is -0.341 e. The first-order chi connectivity index (χ1) is 17.4. The highest BCUT2D eigenvalue weighted by atomic mass is 16.2. The highest BCUT2D eigenvalue weighted by Gasteiger charge is 2.30. The Morgan fingerprint density at radius 3 is 2.58 bits per heavy atom. The van der Waals surface area contributed by atoms with E-state index in [0.717, 1.165) is 32.4 Å². The Morgan fingerprint density at radius 2 is 1.86 bits per heavy atom. The molecule has 2 aliphatic rings. The first-order valence-corrected chi connectivity index (χ1v) is 12.2. The molecule has 0 bridgehead atoms. The van der Waals surface area contributed by atoms with Crippen molar-refractivity contribution in [2.75, 3.05) is 31.5 Å². The fourth-order valence-electron chi connectivity index (χ4n) is 4.95. The van der Waals surface area contributed by atoms with E-state index < -0.39 is 5.91 Å². The zero-order chi connectivity index (χ0) is 25.2. The molecule has 0 aliphatic carbocycles. The summed E-state index contributed by atoms with van der Waals surface area (Å²) in [5, 5.41) is 12.0. The number of carbonyl (C=O) groups is 3.